The molecule has 0 heteroatoms. The fraction of sp³-hybridized carbons (Fsp3) is 0.400. The Hall–Kier alpha value is -1.56. The van der Waals surface area contributed by atoms with E-state index >= 15 is 0 Å². The summed E-state index contributed by atoms with van der Waals surface area (Å²) in [6, 6.07) is 17.9. The second-order valence-corrected chi connectivity index (χ2v) is 6.15. The van der Waals surface area contributed by atoms with Gasteiger partial charge in [-0.1, -0.05) is 66.6 Å². The highest BCUT2D eigenvalue weighted by molar-refractivity contribution is 5.22. The van der Waals surface area contributed by atoms with Gasteiger partial charge in [0.1, 0.15) is 0 Å². The lowest BCUT2D eigenvalue weighted by Gasteiger charge is -2.11. The molecule has 0 nitrogen and oxygen atoms in total. The molecule has 0 aromatic heterocycles. The van der Waals surface area contributed by atoms with Gasteiger partial charge in [-0.05, 0) is 56.6 Å². The van der Waals surface area contributed by atoms with E-state index in [4.69, 9.17) is 0 Å². The molecular weight excluding hydrogens is 240 g/mol. The molecule has 106 valence electrons. The van der Waals surface area contributed by atoms with Crippen LogP contribution >= 0.6 is 0 Å². The molecule has 0 N–H and O–H groups in total. The molecule has 0 aliphatic heterocycles. The van der Waals surface area contributed by atoms with Gasteiger partial charge >= 0.3 is 0 Å². The van der Waals surface area contributed by atoms with Crippen LogP contribution in [0.5, 0.6) is 0 Å². The van der Waals surface area contributed by atoms with Crippen molar-refractivity contribution in [3.8, 4) is 0 Å². The molecule has 0 atom stereocenters. The van der Waals surface area contributed by atoms with Crippen molar-refractivity contribution in [2.75, 3.05) is 0 Å². The summed E-state index contributed by atoms with van der Waals surface area (Å²) >= 11 is 0. The first-order valence-corrected chi connectivity index (χ1v) is 7.74. The Bertz CT molecular complexity index is 455. The van der Waals surface area contributed by atoms with Crippen molar-refractivity contribution < 1.29 is 0 Å². The number of hydrogen-bond donors (Lipinski definition) is 0. The van der Waals surface area contributed by atoms with Crippen LogP contribution in [0.4, 0.5) is 0 Å². The minimum Gasteiger partial charge on any atom is -0.0625 e. The van der Waals surface area contributed by atoms with E-state index in [9.17, 15) is 0 Å². The van der Waals surface area contributed by atoms with Crippen LogP contribution in [-0.2, 0) is 12.8 Å². The maximum absolute atomic E-state index is 2.38. The number of benzene rings is 2. The van der Waals surface area contributed by atoms with Crippen molar-refractivity contribution >= 4 is 0 Å². The normalized spacial score (nSPS) is 11.0. The van der Waals surface area contributed by atoms with Crippen molar-refractivity contribution in [2.45, 2.75) is 46.5 Å². The van der Waals surface area contributed by atoms with Crippen LogP contribution in [-0.4, -0.2) is 0 Å². The smallest absolute Gasteiger partial charge is 0.0276 e. The van der Waals surface area contributed by atoms with E-state index in [0.717, 1.165) is 5.92 Å². The van der Waals surface area contributed by atoms with Gasteiger partial charge in [0.2, 0.25) is 0 Å². The molecule has 0 saturated carbocycles. The Kier molecular flexibility index (Phi) is 5.40. The predicted molar refractivity (Wildman–Crippen MR) is 88.2 cm³/mol. The third kappa shape index (κ3) is 4.85. The summed E-state index contributed by atoms with van der Waals surface area (Å²) < 4.78 is 0. The molecule has 0 aliphatic rings. The second kappa shape index (κ2) is 7.28. The number of aryl methyl sites for hydroxylation is 4. The molecule has 0 spiro atoms. The molecule has 0 aliphatic carbocycles. The maximum atomic E-state index is 2.38. The molecule has 0 bridgehead atoms. The quantitative estimate of drug-likeness (QED) is 0.647. The van der Waals surface area contributed by atoms with Crippen molar-refractivity contribution in [1.29, 1.82) is 0 Å². The first-order valence-electron chi connectivity index (χ1n) is 7.74. The van der Waals surface area contributed by atoms with Crippen LogP contribution < -0.4 is 0 Å². The van der Waals surface area contributed by atoms with Crippen molar-refractivity contribution in [2.24, 2.45) is 5.92 Å². The molecule has 0 fully saturated rings. The van der Waals surface area contributed by atoms with Crippen LogP contribution in [0.15, 0.2) is 48.5 Å². The minimum absolute atomic E-state index is 0.789. The molecule has 0 heterocycles. The lowest BCUT2D eigenvalue weighted by Crippen LogP contribution is -2.00. The fourth-order valence-corrected chi connectivity index (χ4v) is 2.48. The molecular formula is C20H26. The van der Waals surface area contributed by atoms with Gasteiger partial charge in [-0.15, -0.1) is 0 Å². The van der Waals surface area contributed by atoms with Crippen molar-refractivity contribution in [1.82, 2.24) is 0 Å². The monoisotopic (exact) mass is 266 g/mol. The zero-order valence-corrected chi connectivity index (χ0v) is 13.0. The molecule has 0 saturated heterocycles. The van der Waals surface area contributed by atoms with E-state index in [0.29, 0.717) is 0 Å². The van der Waals surface area contributed by atoms with Gasteiger partial charge in [0.15, 0.2) is 0 Å². The highest BCUT2D eigenvalue weighted by Gasteiger charge is 2.04. The fourth-order valence-electron chi connectivity index (χ4n) is 2.48. The van der Waals surface area contributed by atoms with E-state index < -0.39 is 0 Å². The van der Waals surface area contributed by atoms with Crippen molar-refractivity contribution in [3.05, 3.63) is 70.8 Å². The Morgan fingerprint density at radius 2 is 1.00 bits per heavy atom. The first kappa shape index (κ1) is 14.8. The number of hydrogen-bond acceptors (Lipinski definition) is 0. The summed E-state index contributed by atoms with van der Waals surface area (Å²) in [5.74, 6) is 0.789. The summed E-state index contributed by atoms with van der Waals surface area (Å²) in [4.78, 5) is 0. The zero-order chi connectivity index (χ0) is 14.4. The van der Waals surface area contributed by atoms with E-state index in [1.165, 1.54) is 47.9 Å². The summed E-state index contributed by atoms with van der Waals surface area (Å²) in [5.41, 5.74) is 5.64. The zero-order valence-electron chi connectivity index (χ0n) is 13.0. The van der Waals surface area contributed by atoms with Gasteiger partial charge < -0.3 is 0 Å². The highest BCUT2D eigenvalue weighted by Crippen LogP contribution is 2.16. The topological polar surface area (TPSA) is 0 Å². The lowest BCUT2D eigenvalue weighted by atomic mass is 9.94. The summed E-state index contributed by atoms with van der Waals surface area (Å²) in [5, 5.41) is 0. The van der Waals surface area contributed by atoms with Gasteiger partial charge in [0.05, 0.1) is 0 Å². The molecule has 0 unspecified atom stereocenters. The summed E-state index contributed by atoms with van der Waals surface area (Å²) in [6.07, 6.45) is 4.98. The largest absolute Gasteiger partial charge is 0.0625 e. The van der Waals surface area contributed by atoms with Gasteiger partial charge in [-0.2, -0.15) is 0 Å². The summed E-state index contributed by atoms with van der Waals surface area (Å²) in [7, 11) is 0. The molecule has 0 radical (unpaired) electrons. The SMILES string of the molecule is Cc1ccc(CCC(C)CCc2ccc(C)cc2)cc1. The van der Waals surface area contributed by atoms with Crippen LogP contribution in [0.3, 0.4) is 0 Å². The molecule has 2 rings (SSSR count). The van der Waals surface area contributed by atoms with Crippen LogP contribution in [0, 0.1) is 19.8 Å². The van der Waals surface area contributed by atoms with Crippen LogP contribution in [0.1, 0.15) is 42.0 Å². The molecule has 2 aromatic carbocycles. The van der Waals surface area contributed by atoms with Crippen LogP contribution in [0.25, 0.3) is 0 Å². The average molecular weight is 266 g/mol. The van der Waals surface area contributed by atoms with E-state index in [1.54, 1.807) is 0 Å². The highest BCUT2D eigenvalue weighted by atomic mass is 14.1. The van der Waals surface area contributed by atoms with Crippen molar-refractivity contribution in [3.63, 3.8) is 0 Å². The van der Waals surface area contributed by atoms with Gasteiger partial charge in [-0.3, -0.25) is 0 Å². The molecule has 20 heavy (non-hydrogen) atoms. The van der Waals surface area contributed by atoms with E-state index in [1.807, 2.05) is 0 Å². The van der Waals surface area contributed by atoms with Gasteiger partial charge in [0.25, 0.3) is 0 Å². The Morgan fingerprint density at radius 1 is 0.650 bits per heavy atom. The molecule has 0 amide bonds. The Morgan fingerprint density at radius 3 is 1.35 bits per heavy atom. The summed E-state index contributed by atoms with van der Waals surface area (Å²) in [6.45, 7) is 6.67. The average Bonchev–Trinajstić information content (AvgIpc) is 2.46. The van der Waals surface area contributed by atoms with Gasteiger partial charge in [0, 0.05) is 0 Å². The maximum Gasteiger partial charge on any atom is -0.0276 e. The Balaban J connectivity index is 1.73. The standard InChI is InChI=1S/C20H26/c1-16-4-10-19(11-5-16)14-8-18(3)9-15-20-12-6-17(2)7-13-20/h4-7,10-13,18H,8-9,14-15H2,1-3H3. The minimum atomic E-state index is 0.789. The number of rotatable bonds is 6. The molecule has 2 aromatic rings. The second-order valence-electron chi connectivity index (χ2n) is 6.15. The lowest BCUT2D eigenvalue weighted by molar-refractivity contribution is 0.493. The Labute approximate surface area is 123 Å². The van der Waals surface area contributed by atoms with E-state index in [2.05, 4.69) is 69.3 Å². The third-order valence-electron chi connectivity index (χ3n) is 4.09. The first-order chi connectivity index (χ1) is 9.63. The van der Waals surface area contributed by atoms with E-state index in [-0.39, 0.29) is 0 Å². The van der Waals surface area contributed by atoms with Gasteiger partial charge in [-0.25, -0.2) is 0 Å². The predicted octanol–water partition coefficient (Wildman–Crippen LogP) is 5.50. The van der Waals surface area contributed by atoms with Crippen LogP contribution in [0.2, 0.25) is 0 Å². The third-order valence-corrected chi connectivity index (χ3v) is 4.09.